The Kier molecular flexibility index (Phi) is 7.46. The lowest BCUT2D eigenvalue weighted by molar-refractivity contribution is -0.123. The highest BCUT2D eigenvalue weighted by molar-refractivity contribution is 5.77. The molecule has 0 spiro atoms. The van der Waals surface area contributed by atoms with Crippen molar-refractivity contribution in [2.24, 2.45) is 0 Å². The fourth-order valence-electron chi connectivity index (χ4n) is 1.55. The number of anilines is 1. The number of nitrogen functional groups attached to an aromatic ring is 1. The van der Waals surface area contributed by atoms with Crippen LogP contribution in [0.1, 0.15) is 0 Å². The molecule has 0 fully saturated rings. The standard InChI is InChI=1S/C14H23N3O3/c1-17(8-9-19-2)7-6-16-14(18)11-20-13-5-3-4-12(15)10-13/h3-5,10H,6-9,11,15H2,1-2H3,(H,16,18). The van der Waals surface area contributed by atoms with Crippen LogP contribution in [-0.2, 0) is 9.53 Å². The molecule has 0 saturated heterocycles. The number of likely N-dealkylation sites (N-methyl/N-ethyl adjacent to an activating group) is 1. The van der Waals surface area contributed by atoms with Gasteiger partial charge < -0.3 is 25.4 Å². The van der Waals surface area contributed by atoms with Crippen molar-refractivity contribution in [2.75, 3.05) is 52.7 Å². The van der Waals surface area contributed by atoms with Gasteiger partial charge in [-0.05, 0) is 19.2 Å². The van der Waals surface area contributed by atoms with Crippen LogP contribution in [0.4, 0.5) is 5.69 Å². The number of rotatable bonds is 9. The molecule has 0 aliphatic heterocycles. The summed E-state index contributed by atoms with van der Waals surface area (Å²) >= 11 is 0. The van der Waals surface area contributed by atoms with Gasteiger partial charge in [0.1, 0.15) is 5.75 Å². The lowest BCUT2D eigenvalue weighted by Crippen LogP contribution is -2.36. The monoisotopic (exact) mass is 281 g/mol. The normalized spacial score (nSPS) is 10.6. The van der Waals surface area contributed by atoms with Gasteiger partial charge in [0.2, 0.25) is 0 Å². The third-order valence-corrected chi connectivity index (χ3v) is 2.72. The summed E-state index contributed by atoms with van der Waals surface area (Å²) in [5.74, 6) is 0.449. The Morgan fingerprint density at radius 2 is 2.20 bits per heavy atom. The highest BCUT2D eigenvalue weighted by atomic mass is 16.5. The van der Waals surface area contributed by atoms with Crippen LogP contribution in [0.3, 0.4) is 0 Å². The van der Waals surface area contributed by atoms with Crippen molar-refractivity contribution >= 4 is 11.6 Å². The lowest BCUT2D eigenvalue weighted by atomic mass is 10.3. The number of hydrogen-bond acceptors (Lipinski definition) is 5. The van der Waals surface area contributed by atoms with Crippen LogP contribution in [0.25, 0.3) is 0 Å². The molecule has 0 aromatic heterocycles. The van der Waals surface area contributed by atoms with Crippen molar-refractivity contribution < 1.29 is 14.3 Å². The van der Waals surface area contributed by atoms with Crippen LogP contribution in [0, 0.1) is 0 Å². The summed E-state index contributed by atoms with van der Waals surface area (Å²) in [5, 5.41) is 2.80. The van der Waals surface area contributed by atoms with Crippen LogP contribution in [-0.4, -0.2) is 57.8 Å². The third-order valence-electron chi connectivity index (χ3n) is 2.72. The number of carbonyl (C=O) groups excluding carboxylic acids is 1. The van der Waals surface area contributed by atoms with E-state index in [1.165, 1.54) is 0 Å². The molecule has 0 atom stereocenters. The average molecular weight is 281 g/mol. The molecule has 0 aliphatic rings. The van der Waals surface area contributed by atoms with E-state index in [0.29, 0.717) is 24.6 Å². The summed E-state index contributed by atoms with van der Waals surface area (Å²) in [6, 6.07) is 7.00. The van der Waals surface area contributed by atoms with Gasteiger partial charge in [-0.25, -0.2) is 0 Å². The molecule has 112 valence electrons. The quantitative estimate of drug-likeness (QED) is 0.638. The van der Waals surface area contributed by atoms with E-state index in [0.717, 1.165) is 13.1 Å². The minimum atomic E-state index is -0.146. The van der Waals surface area contributed by atoms with E-state index < -0.39 is 0 Å². The van der Waals surface area contributed by atoms with Crippen molar-refractivity contribution in [3.63, 3.8) is 0 Å². The number of carbonyl (C=O) groups is 1. The Morgan fingerprint density at radius 1 is 1.40 bits per heavy atom. The minimum Gasteiger partial charge on any atom is -0.484 e. The average Bonchev–Trinajstić information content (AvgIpc) is 2.43. The van der Waals surface area contributed by atoms with Crippen LogP contribution in [0.5, 0.6) is 5.75 Å². The van der Waals surface area contributed by atoms with E-state index in [1.807, 2.05) is 7.05 Å². The van der Waals surface area contributed by atoms with Gasteiger partial charge in [0, 0.05) is 38.5 Å². The van der Waals surface area contributed by atoms with Crippen LogP contribution in [0.15, 0.2) is 24.3 Å². The van der Waals surface area contributed by atoms with E-state index in [9.17, 15) is 4.79 Å². The Morgan fingerprint density at radius 3 is 2.90 bits per heavy atom. The molecular formula is C14H23N3O3. The van der Waals surface area contributed by atoms with Gasteiger partial charge in [-0.1, -0.05) is 6.07 Å². The fraction of sp³-hybridized carbons (Fsp3) is 0.500. The molecular weight excluding hydrogens is 258 g/mol. The number of benzene rings is 1. The van der Waals surface area contributed by atoms with Gasteiger partial charge in [0.15, 0.2) is 6.61 Å². The van der Waals surface area contributed by atoms with E-state index >= 15 is 0 Å². The Balaban J connectivity index is 2.14. The SMILES string of the molecule is COCCN(C)CCNC(=O)COc1cccc(N)c1. The van der Waals surface area contributed by atoms with Gasteiger partial charge in [-0.15, -0.1) is 0 Å². The van der Waals surface area contributed by atoms with Crippen molar-refractivity contribution in [1.82, 2.24) is 10.2 Å². The molecule has 0 aliphatic carbocycles. The molecule has 1 rings (SSSR count). The lowest BCUT2D eigenvalue weighted by Gasteiger charge is -2.16. The topological polar surface area (TPSA) is 76.8 Å². The number of methoxy groups -OCH3 is 1. The molecule has 1 amide bonds. The Hall–Kier alpha value is -1.79. The van der Waals surface area contributed by atoms with Gasteiger partial charge in [-0.3, -0.25) is 4.79 Å². The number of nitrogens with zero attached hydrogens (tertiary/aromatic N) is 1. The molecule has 20 heavy (non-hydrogen) atoms. The molecule has 0 unspecified atom stereocenters. The molecule has 6 heteroatoms. The summed E-state index contributed by atoms with van der Waals surface area (Å²) in [6.45, 7) is 2.87. The zero-order valence-electron chi connectivity index (χ0n) is 12.1. The Labute approximate surface area is 119 Å². The fourth-order valence-corrected chi connectivity index (χ4v) is 1.55. The second-order valence-corrected chi connectivity index (χ2v) is 4.51. The summed E-state index contributed by atoms with van der Waals surface area (Å²) in [5.41, 5.74) is 6.24. The highest BCUT2D eigenvalue weighted by Gasteiger charge is 2.03. The summed E-state index contributed by atoms with van der Waals surface area (Å²) < 4.78 is 10.3. The zero-order chi connectivity index (χ0) is 14.8. The van der Waals surface area contributed by atoms with E-state index in [2.05, 4.69) is 10.2 Å². The van der Waals surface area contributed by atoms with Gasteiger partial charge >= 0.3 is 0 Å². The first-order valence-corrected chi connectivity index (χ1v) is 6.54. The molecule has 0 bridgehead atoms. The van der Waals surface area contributed by atoms with Gasteiger partial charge in [-0.2, -0.15) is 0 Å². The molecule has 1 aromatic rings. The minimum absolute atomic E-state index is 0.00869. The van der Waals surface area contributed by atoms with Crippen LogP contribution in [0.2, 0.25) is 0 Å². The van der Waals surface area contributed by atoms with Crippen LogP contribution < -0.4 is 15.8 Å². The third kappa shape index (κ3) is 6.96. The van der Waals surface area contributed by atoms with Crippen molar-refractivity contribution in [3.8, 4) is 5.75 Å². The summed E-state index contributed by atoms with van der Waals surface area (Å²) in [6.07, 6.45) is 0. The summed E-state index contributed by atoms with van der Waals surface area (Å²) in [4.78, 5) is 13.7. The molecule has 0 heterocycles. The van der Waals surface area contributed by atoms with E-state index in [1.54, 1.807) is 31.4 Å². The highest BCUT2D eigenvalue weighted by Crippen LogP contribution is 2.13. The maximum atomic E-state index is 11.6. The second-order valence-electron chi connectivity index (χ2n) is 4.51. The maximum Gasteiger partial charge on any atom is 0.257 e. The first kappa shape index (κ1) is 16.3. The number of nitrogens with two attached hydrogens (primary N) is 1. The Bertz CT molecular complexity index is 412. The molecule has 3 N–H and O–H groups in total. The number of amides is 1. The van der Waals surface area contributed by atoms with Gasteiger partial charge in [0.25, 0.3) is 5.91 Å². The van der Waals surface area contributed by atoms with Crippen molar-refractivity contribution in [1.29, 1.82) is 0 Å². The van der Waals surface area contributed by atoms with E-state index in [4.69, 9.17) is 15.2 Å². The zero-order valence-corrected chi connectivity index (χ0v) is 12.1. The molecule has 6 nitrogen and oxygen atoms in total. The van der Waals surface area contributed by atoms with Crippen molar-refractivity contribution in [3.05, 3.63) is 24.3 Å². The predicted molar refractivity (Wildman–Crippen MR) is 78.7 cm³/mol. The first-order valence-electron chi connectivity index (χ1n) is 6.54. The largest absolute Gasteiger partial charge is 0.484 e. The predicted octanol–water partition coefficient (Wildman–Crippen LogP) is 0.342. The molecule has 1 aromatic carbocycles. The number of hydrogen-bond donors (Lipinski definition) is 2. The van der Waals surface area contributed by atoms with Crippen LogP contribution >= 0.6 is 0 Å². The molecule has 0 saturated carbocycles. The van der Waals surface area contributed by atoms with Gasteiger partial charge in [0.05, 0.1) is 6.61 Å². The second kappa shape index (κ2) is 9.17. The number of nitrogens with one attached hydrogen (secondary N) is 1. The molecule has 0 radical (unpaired) electrons. The number of ether oxygens (including phenoxy) is 2. The smallest absolute Gasteiger partial charge is 0.257 e. The summed E-state index contributed by atoms with van der Waals surface area (Å²) in [7, 11) is 3.65. The van der Waals surface area contributed by atoms with Crippen molar-refractivity contribution in [2.45, 2.75) is 0 Å². The first-order chi connectivity index (χ1) is 9.61. The maximum absolute atomic E-state index is 11.6. The van der Waals surface area contributed by atoms with E-state index in [-0.39, 0.29) is 12.5 Å².